The number of aromatic nitrogens is 2. The van der Waals surface area contributed by atoms with Crippen LogP contribution in [0.15, 0.2) is 44.7 Å². The highest BCUT2D eigenvalue weighted by Gasteiger charge is 2.18. The molecule has 0 aliphatic carbocycles. The van der Waals surface area contributed by atoms with Gasteiger partial charge in [-0.05, 0) is 47.1 Å². The fraction of sp³-hybridized carbons (Fsp3) is 0.143. The first-order valence-corrected chi connectivity index (χ1v) is 9.92. The largest absolute Gasteiger partial charge is 0.462 e. The van der Waals surface area contributed by atoms with E-state index in [9.17, 15) is 13.2 Å². The number of carbonyl (C=O) groups excluding carboxylic acids is 1. The number of carbonyl (C=O) groups is 1. The zero-order valence-corrected chi connectivity index (χ0v) is 15.6. The second-order valence-corrected chi connectivity index (χ2v) is 9.06. The minimum atomic E-state index is -3.69. The smallest absolute Gasteiger partial charge is 0.341 e. The van der Waals surface area contributed by atoms with Crippen molar-refractivity contribution in [1.29, 1.82) is 0 Å². The number of hydrogen-bond donors (Lipinski definition) is 1. The average molecular weight is 430 g/mol. The molecule has 3 heterocycles. The van der Waals surface area contributed by atoms with Gasteiger partial charge in [0.1, 0.15) is 9.77 Å². The van der Waals surface area contributed by atoms with Gasteiger partial charge in [-0.2, -0.15) is 5.10 Å². The van der Waals surface area contributed by atoms with E-state index in [1.807, 2.05) is 0 Å². The van der Waals surface area contributed by atoms with Gasteiger partial charge in [0.25, 0.3) is 10.0 Å². The molecular weight excluding hydrogens is 418 g/mol. The Morgan fingerprint density at radius 1 is 1.42 bits per heavy atom. The molecule has 0 radical (unpaired) electrons. The molecule has 7 nitrogen and oxygen atoms in total. The molecule has 0 aliphatic heterocycles. The molecule has 0 spiro atoms. The van der Waals surface area contributed by atoms with Crippen molar-refractivity contribution in [3.05, 3.63) is 46.0 Å². The van der Waals surface area contributed by atoms with Gasteiger partial charge in [-0.25, -0.2) is 17.7 Å². The fourth-order valence-corrected chi connectivity index (χ4v) is 5.12. The zero-order chi connectivity index (χ0) is 17.3. The number of esters is 1. The molecule has 0 atom stereocenters. The Kier molecular flexibility index (Phi) is 4.61. The van der Waals surface area contributed by atoms with Gasteiger partial charge in [0.2, 0.25) is 0 Å². The Labute approximate surface area is 150 Å². The minimum Gasteiger partial charge on any atom is -0.462 e. The van der Waals surface area contributed by atoms with E-state index in [-0.39, 0.29) is 16.4 Å². The van der Waals surface area contributed by atoms with Crippen LogP contribution in [0.4, 0.5) is 5.69 Å². The van der Waals surface area contributed by atoms with Crippen molar-refractivity contribution in [2.45, 2.75) is 11.1 Å². The number of pyridine rings is 1. The first kappa shape index (κ1) is 16.9. The molecule has 126 valence electrons. The van der Waals surface area contributed by atoms with Gasteiger partial charge >= 0.3 is 5.97 Å². The molecule has 0 saturated heterocycles. The van der Waals surface area contributed by atoms with Crippen molar-refractivity contribution >= 4 is 54.5 Å². The van der Waals surface area contributed by atoms with Gasteiger partial charge in [-0.3, -0.25) is 4.72 Å². The number of nitrogens with one attached hydrogen (secondary N) is 1. The molecule has 0 aliphatic rings. The normalized spacial score (nSPS) is 11.6. The molecule has 3 aromatic heterocycles. The number of sulfonamides is 1. The van der Waals surface area contributed by atoms with Crippen LogP contribution in [-0.2, 0) is 14.8 Å². The van der Waals surface area contributed by atoms with Crippen LogP contribution >= 0.6 is 27.3 Å². The number of rotatable bonds is 5. The number of nitrogens with zero attached hydrogens (tertiary/aromatic N) is 2. The molecule has 0 bridgehead atoms. The maximum atomic E-state index is 12.4. The second kappa shape index (κ2) is 6.54. The Balaban J connectivity index is 1.96. The molecule has 0 amide bonds. The van der Waals surface area contributed by atoms with Crippen LogP contribution in [0.5, 0.6) is 0 Å². The summed E-state index contributed by atoms with van der Waals surface area (Å²) < 4.78 is 34.6. The van der Waals surface area contributed by atoms with Crippen molar-refractivity contribution in [1.82, 2.24) is 9.61 Å². The van der Waals surface area contributed by atoms with Crippen LogP contribution in [0.2, 0.25) is 0 Å². The van der Waals surface area contributed by atoms with Crippen LogP contribution in [0, 0.1) is 0 Å². The molecule has 0 saturated carbocycles. The fourth-order valence-electron chi connectivity index (χ4n) is 2.06. The Morgan fingerprint density at radius 2 is 2.21 bits per heavy atom. The lowest BCUT2D eigenvalue weighted by atomic mass is 10.2. The Hall–Kier alpha value is -1.91. The molecule has 24 heavy (non-hydrogen) atoms. The van der Waals surface area contributed by atoms with Crippen LogP contribution < -0.4 is 4.72 Å². The van der Waals surface area contributed by atoms with E-state index >= 15 is 0 Å². The highest BCUT2D eigenvalue weighted by atomic mass is 79.9. The molecular formula is C14H12BrN3O4S2. The molecule has 10 heteroatoms. The first-order valence-electron chi connectivity index (χ1n) is 6.83. The van der Waals surface area contributed by atoms with Crippen molar-refractivity contribution in [3.63, 3.8) is 0 Å². The lowest BCUT2D eigenvalue weighted by molar-refractivity contribution is 0.0528. The zero-order valence-electron chi connectivity index (χ0n) is 12.4. The quantitative estimate of drug-likeness (QED) is 0.629. The maximum absolute atomic E-state index is 12.4. The molecule has 3 aromatic rings. The number of ether oxygens (including phenoxy) is 1. The Bertz CT molecular complexity index is 1010. The molecule has 0 aromatic carbocycles. The predicted molar refractivity (Wildman–Crippen MR) is 94.0 cm³/mol. The highest BCUT2D eigenvalue weighted by molar-refractivity contribution is 9.11. The summed E-state index contributed by atoms with van der Waals surface area (Å²) in [5.41, 5.74) is 1.07. The average Bonchev–Trinajstić information content (AvgIpc) is 3.13. The van der Waals surface area contributed by atoms with E-state index in [0.29, 0.717) is 11.2 Å². The molecule has 0 unspecified atom stereocenters. The topological polar surface area (TPSA) is 89.8 Å². The summed E-state index contributed by atoms with van der Waals surface area (Å²) in [4.78, 5) is 11.9. The van der Waals surface area contributed by atoms with Gasteiger partial charge in [-0.15, -0.1) is 11.3 Å². The van der Waals surface area contributed by atoms with E-state index in [0.717, 1.165) is 15.1 Å². The molecule has 1 N–H and O–H groups in total. The first-order chi connectivity index (χ1) is 11.4. The summed E-state index contributed by atoms with van der Waals surface area (Å²) in [6.45, 7) is 1.96. The molecule has 3 rings (SSSR count). The number of thiophene rings is 1. The lowest BCUT2D eigenvalue weighted by Gasteiger charge is -2.07. The standard InChI is InChI=1S/C14H12BrN3O4S2/c1-2-22-14(19)10-8-16-18-6-5-9(7-11(10)18)17-24(20,21)13-4-3-12(15)23-13/h3-8,17H,2H2,1H3. The van der Waals surface area contributed by atoms with Gasteiger partial charge in [0, 0.05) is 6.20 Å². The van der Waals surface area contributed by atoms with Crippen LogP contribution in [0.1, 0.15) is 17.3 Å². The maximum Gasteiger partial charge on any atom is 0.341 e. The van der Waals surface area contributed by atoms with E-state index in [1.54, 1.807) is 31.3 Å². The number of halogens is 1. The van der Waals surface area contributed by atoms with Crippen LogP contribution in [0.3, 0.4) is 0 Å². The number of hydrogen-bond acceptors (Lipinski definition) is 6. The van der Waals surface area contributed by atoms with E-state index in [4.69, 9.17) is 4.74 Å². The van der Waals surface area contributed by atoms with E-state index in [2.05, 4.69) is 25.8 Å². The third kappa shape index (κ3) is 3.30. The van der Waals surface area contributed by atoms with Gasteiger partial charge in [0.15, 0.2) is 0 Å². The number of fused-ring (bicyclic) bond motifs is 1. The monoisotopic (exact) mass is 429 g/mol. The summed E-state index contributed by atoms with van der Waals surface area (Å²) in [6.07, 6.45) is 2.96. The van der Waals surface area contributed by atoms with Gasteiger partial charge in [0.05, 0.1) is 27.8 Å². The molecule has 0 fully saturated rings. The summed E-state index contributed by atoms with van der Waals surface area (Å²) in [5.74, 6) is -0.505. The summed E-state index contributed by atoms with van der Waals surface area (Å²) in [6, 6.07) is 6.28. The van der Waals surface area contributed by atoms with Crippen molar-refractivity contribution < 1.29 is 17.9 Å². The summed E-state index contributed by atoms with van der Waals surface area (Å²) in [5, 5.41) is 4.06. The summed E-state index contributed by atoms with van der Waals surface area (Å²) >= 11 is 4.35. The van der Waals surface area contributed by atoms with E-state index in [1.165, 1.54) is 16.8 Å². The van der Waals surface area contributed by atoms with Crippen LogP contribution in [-0.4, -0.2) is 30.6 Å². The third-order valence-corrected chi connectivity index (χ3v) is 6.58. The Morgan fingerprint density at radius 3 is 2.88 bits per heavy atom. The highest BCUT2D eigenvalue weighted by Crippen LogP contribution is 2.28. The van der Waals surface area contributed by atoms with Crippen molar-refractivity contribution in [2.24, 2.45) is 0 Å². The number of anilines is 1. The lowest BCUT2D eigenvalue weighted by Crippen LogP contribution is -2.11. The third-order valence-electron chi connectivity index (χ3n) is 3.08. The minimum absolute atomic E-state index is 0.188. The van der Waals surface area contributed by atoms with Gasteiger partial charge < -0.3 is 4.74 Å². The second-order valence-electron chi connectivity index (χ2n) is 4.69. The van der Waals surface area contributed by atoms with Crippen molar-refractivity contribution in [3.8, 4) is 0 Å². The predicted octanol–water partition coefficient (Wildman–Crippen LogP) is 3.14. The SMILES string of the molecule is CCOC(=O)c1cnn2ccc(NS(=O)(=O)c3ccc(Br)s3)cc12. The van der Waals surface area contributed by atoms with Crippen molar-refractivity contribution in [2.75, 3.05) is 11.3 Å². The van der Waals surface area contributed by atoms with Crippen LogP contribution in [0.25, 0.3) is 5.52 Å². The summed E-state index contributed by atoms with van der Waals surface area (Å²) in [7, 11) is -3.69. The van der Waals surface area contributed by atoms with Gasteiger partial charge in [-0.1, -0.05) is 0 Å². The van der Waals surface area contributed by atoms with E-state index < -0.39 is 16.0 Å².